The zero-order chi connectivity index (χ0) is 14.1. The minimum Gasteiger partial charge on any atom is -0.496 e. The van der Waals surface area contributed by atoms with Gasteiger partial charge < -0.3 is 14.9 Å². The van der Waals surface area contributed by atoms with Crippen molar-refractivity contribution in [2.24, 2.45) is 5.73 Å². The van der Waals surface area contributed by atoms with Crippen molar-refractivity contribution < 1.29 is 9.15 Å². The maximum absolute atomic E-state index is 6.31. The van der Waals surface area contributed by atoms with Crippen LogP contribution in [0.15, 0.2) is 57.4 Å². The molecule has 4 heteroatoms. The second-order valence-corrected chi connectivity index (χ2v) is 5.47. The van der Waals surface area contributed by atoms with E-state index in [1.54, 1.807) is 7.11 Å². The molecule has 0 bridgehead atoms. The van der Waals surface area contributed by atoms with Gasteiger partial charge in [0.2, 0.25) is 0 Å². The van der Waals surface area contributed by atoms with Crippen LogP contribution in [0.4, 0.5) is 0 Å². The van der Waals surface area contributed by atoms with Gasteiger partial charge in [0, 0.05) is 15.4 Å². The highest BCUT2D eigenvalue weighted by molar-refractivity contribution is 9.10. The van der Waals surface area contributed by atoms with Crippen LogP contribution < -0.4 is 10.5 Å². The molecule has 3 aromatic rings. The molecule has 0 aliphatic heterocycles. The van der Waals surface area contributed by atoms with Crippen LogP contribution >= 0.6 is 15.9 Å². The lowest BCUT2D eigenvalue weighted by molar-refractivity contribution is 0.404. The Balaban J connectivity index is 2.05. The Bertz CT molecular complexity index is 751. The smallest absolute Gasteiger partial charge is 0.134 e. The molecule has 0 aliphatic carbocycles. The van der Waals surface area contributed by atoms with Gasteiger partial charge in [-0.25, -0.2) is 0 Å². The molecule has 1 aromatic heterocycles. The second-order valence-electron chi connectivity index (χ2n) is 4.55. The average molecular weight is 332 g/mol. The molecule has 2 aromatic carbocycles. The predicted octanol–water partition coefficient (Wildman–Crippen LogP) is 4.25. The van der Waals surface area contributed by atoms with Gasteiger partial charge in [0.05, 0.1) is 13.2 Å². The van der Waals surface area contributed by atoms with Crippen molar-refractivity contribution in [2.75, 3.05) is 7.11 Å². The number of benzene rings is 2. The summed E-state index contributed by atoms with van der Waals surface area (Å²) in [7, 11) is 1.64. The fourth-order valence-electron chi connectivity index (χ4n) is 2.26. The summed E-state index contributed by atoms with van der Waals surface area (Å²) in [6.07, 6.45) is 0. The zero-order valence-corrected chi connectivity index (χ0v) is 12.6. The summed E-state index contributed by atoms with van der Waals surface area (Å²) in [5.74, 6) is 1.49. The molecule has 102 valence electrons. The lowest BCUT2D eigenvalue weighted by atomic mass is 10.0. The van der Waals surface area contributed by atoms with Crippen LogP contribution in [0, 0.1) is 0 Å². The van der Waals surface area contributed by atoms with Gasteiger partial charge in [-0.2, -0.15) is 0 Å². The Morgan fingerprint density at radius 2 is 1.95 bits per heavy atom. The number of ether oxygens (including phenoxy) is 1. The fraction of sp³-hybridized carbons (Fsp3) is 0.125. The molecule has 20 heavy (non-hydrogen) atoms. The number of nitrogens with two attached hydrogens (primary N) is 1. The Morgan fingerprint density at radius 1 is 1.15 bits per heavy atom. The van der Waals surface area contributed by atoms with E-state index in [1.807, 2.05) is 48.5 Å². The SMILES string of the molecule is COc1ccccc1C(N)c1cc2cc(Br)ccc2o1. The van der Waals surface area contributed by atoms with E-state index in [4.69, 9.17) is 14.9 Å². The molecular formula is C16H14BrNO2. The van der Waals surface area contributed by atoms with Crippen LogP contribution in [0.3, 0.4) is 0 Å². The van der Waals surface area contributed by atoms with Gasteiger partial charge in [0.15, 0.2) is 0 Å². The molecule has 0 saturated heterocycles. The number of methoxy groups -OCH3 is 1. The van der Waals surface area contributed by atoms with Gasteiger partial charge >= 0.3 is 0 Å². The van der Waals surface area contributed by atoms with Crippen molar-refractivity contribution in [2.45, 2.75) is 6.04 Å². The van der Waals surface area contributed by atoms with E-state index in [1.165, 1.54) is 0 Å². The normalized spacial score (nSPS) is 12.6. The maximum atomic E-state index is 6.31. The van der Waals surface area contributed by atoms with Crippen LogP contribution in [0.1, 0.15) is 17.4 Å². The van der Waals surface area contributed by atoms with Gasteiger partial charge in [-0.15, -0.1) is 0 Å². The van der Waals surface area contributed by atoms with Gasteiger partial charge in [-0.3, -0.25) is 0 Å². The monoisotopic (exact) mass is 331 g/mol. The van der Waals surface area contributed by atoms with Crippen molar-refractivity contribution in [3.8, 4) is 5.75 Å². The molecule has 0 aliphatic rings. The Hall–Kier alpha value is -1.78. The minimum atomic E-state index is -0.350. The third-order valence-corrected chi connectivity index (χ3v) is 3.77. The summed E-state index contributed by atoms with van der Waals surface area (Å²) in [6, 6.07) is 15.2. The fourth-order valence-corrected chi connectivity index (χ4v) is 2.64. The molecule has 0 radical (unpaired) electrons. The first-order valence-electron chi connectivity index (χ1n) is 6.26. The van der Waals surface area contributed by atoms with Gasteiger partial charge in [-0.05, 0) is 30.3 Å². The van der Waals surface area contributed by atoms with Crippen molar-refractivity contribution in [1.82, 2.24) is 0 Å². The van der Waals surface area contributed by atoms with Gasteiger partial charge in [0.25, 0.3) is 0 Å². The molecule has 1 unspecified atom stereocenters. The highest BCUT2D eigenvalue weighted by Gasteiger charge is 2.17. The van der Waals surface area contributed by atoms with E-state index in [2.05, 4.69) is 15.9 Å². The topological polar surface area (TPSA) is 48.4 Å². The molecular weight excluding hydrogens is 318 g/mol. The Labute approximate surface area is 125 Å². The summed E-state index contributed by atoms with van der Waals surface area (Å²) >= 11 is 3.45. The van der Waals surface area contributed by atoms with Crippen molar-refractivity contribution >= 4 is 26.9 Å². The number of para-hydroxylation sites is 1. The number of fused-ring (bicyclic) bond motifs is 1. The van der Waals surface area contributed by atoms with E-state index in [-0.39, 0.29) is 6.04 Å². The van der Waals surface area contributed by atoms with Crippen LogP contribution in [0.5, 0.6) is 5.75 Å². The quantitative estimate of drug-likeness (QED) is 0.780. The summed E-state index contributed by atoms with van der Waals surface area (Å²) < 4.78 is 12.2. The van der Waals surface area contributed by atoms with Crippen LogP contribution in [0.2, 0.25) is 0 Å². The Morgan fingerprint density at radius 3 is 2.75 bits per heavy atom. The predicted molar refractivity (Wildman–Crippen MR) is 82.9 cm³/mol. The molecule has 0 amide bonds. The van der Waals surface area contributed by atoms with Crippen LogP contribution in [-0.4, -0.2) is 7.11 Å². The first-order valence-corrected chi connectivity index (χ1v) is 7.06. The van der Waals surface area contributed by atoms with Gasteiger partial charge in [-0.1, -0.05) is 34.1 Å². The summed E-state index contributed by atoms with van der Waals surface area (Å²) in [5, 5.41) is 1.03. The van der Waals surface area contributed by atoms with Crippen LogP contribution in [0.25, 0.3) is 11.0 Å². The van der Waals surface area contributed by atoms with Crippen molar-refractivity contribution in [3.05, 3.63) is 64.3 Å². The highest BCUT2D eigenvalue weighted by atomic mass is 79.9. The number of halogens is 1. The number of hydrogen-bond donors (Lipinski definition) is 1. The molecule has 0 saturated carbocycles. The molecule has 3 nitrogen and oxygen atoms in total. The number of rotatable bonds is 3. The van der Waals surface area contributed by atoms with Crippen molar-refractivity contribution in [3.63, 3.8) is 0 Å². The molecule has 1 heterocycles. The molecule has 3 rings (SSSR count). The lowest BCUT2D eigenvalue weighted by Gasteiger charge is -2.13. The summed E-state index contributed by atoms with van der Waals surface area (Å²) in [4.78, 5) is 0. The summed E-state index contributed by atoms with van der Waals surface area (Å²) in [6.45, 7) is 0. The summed E-state index contributed by atoms with van der Waals surface area (Å²) in [5.41, 5.74) is 8.05. The second kappa shape index (κ2) is 5.31. The molecule has 2 N–H and O–H groups in total. The van der Waals surface area contributed by atoms with E-state index in [0.717, 1.165) is 32.5 Å². The molecule has 0 spiro atoms. The van der Waals surface area contributed by atoms with E-state index < -0.39 is 0 Å². The number of furan rings is 1. The van der Waals surface area contributed by atoms with Gasteiger partial charge in [0.1, 0.15) is 17.1 Å². The van der Waals surface area contributed by atoms with Crippen molar-refractivity contribution in [1.29, 1.82) is 0 Å². The third kappa shape index (κ3) is 2.32. The number of hydrogen-bond acceptors (Lipinski definition) is 3. The lowest BCUT2D eigenvalue weighted by Crippen LogP contribution is -2.12. The largest absolute Gasteiger partial charge is 0.496 e. The standard InChI is InChI=1S/C16H14BrNO2/c1-19-14-5-3-2-4-12(14)16(18)15-9-10-8-11(17)6-7-13(10)20-15/h2-9,16H,18H2,1H3. The first kappa shape index (κ1) is 13.2. The zero-order valence-electron chi connectivity index (χ0n) is 11.0. The Kier molecular flexibility index (Phi) is 3.51. The third-order valence-electron chi connectivity index (χ3n) is 3.28. The van der Waals surface area contributed by atoms with E-state index in [9.17, 15) is 0 Å². The van der Waals surface area contributed by atoms with E-state index in [0.29, 0.717) is 0 Å². The highest BCUT2D eigenvalue weighted by Crippen LogP contribution is 2.32. The molecule has 1 atom stereocenters. The average Bonchev–Trinajstić information content (AvgIpc) is 2.89. The van der Waals surface area contributed by atoms with Crippen LogP contribution in [-0.2, 0) is 0 Å². The first-order chi connectivity index (χ1) is 9.69. The maximum Gasteiger partial charge on any atom is 0.134 e. The minimum absolute atomic E-state index is 0.350. The molecule has 0 fully saturated rings. The van der Waals surface area contributed by atoms with E-state index >= 15 is 0 Å².